The summed E-state index contributed by atoms with van der Waals surface area (Å²) in [4.78, 5) is 0. The normalized spacial score (nSPS) is 25.9. The van der Waals surface area contributed by atoms with Crippen molar-refractivity contribution >= 4 is 46.6 Å². The highest BCUT2D eigenvalue weighted by atomic mass is 35.5. The number of halogens is 4. The SMILES string of the molecule is Clc1ccc(OC2NCN(Cl)C(Cl)N2)c(Cl)c1. The number of rotatable bonds is 2. The molecule has 8 heteroatoms. The van der Waals surface area contributed by atoms with Crippen LogP contribution in [0.5, 0.6) is 5.75 Å². The maximum absolute atomic E-state index is 5.98. The predicted octanol–water partition coefficient (Wildman–Crippen LogP) is 2.78. The number of ether oxygens (including phenoxy) is 1. The maximum atomic E-state index is 5.98. The number of alkyl halides is 1. The van der Waals surface area contributed by atoms with Gasteiger partial charge in [0, 0.05) is 5.02 Å². The molecule has 1 aliphatic rings. The fourth-order valence-corrected chi connectivity index (χ4v) is 2.05. The van der Waals surface area contributed by atoms with E-state index >= 15 is 0 Å². The van der Waals surface area contributed by atoms with Crippen molar-refractivity contribution in [1.29, 1.82) is 0 Å². The van der Waals surface area contributed by atoms with Gasteiger partial charge in [0.1, 0.15) is 5.75 Å². The van der Waals surface area contributed by atoms with Crippen LogP contribution in [0.25, 0.3) is 0 Å². The van der Waals surface area contributed by atoms with Crippen LogP contribution < -0.4 is 15.4 Å². The molecule has 1 aromatic carbocycles. The summed E-state index contributed by atoms with van der Waals surface area (Å²) < 4.78 is 6.94. The lowest BCUT2D eigenvalue weighted by molar-refractivity contribution is 0.0609. The molecule has 1 aromatic rings. The Morgan fingerprint density at radius 1 is 1.35 bits per heavy atom. The molecule has 2 N–H and O–H groups in total. The van der Waals surface area contributed by atoms with E-state index < -0.39 is 12.0 Å². The van der Waals surface area contributed by atoms with E-state index in [0.717, 1.165) is 0 Å². The lowest BCUT2D eigenvalue weighted by Crippen LogP contribution is -2.61. The van der Waals surface area contributed by atoms with Crippen LogP contribution in [0, 0.1) is 0 Å². The van der Waals surface area contributed by atoms with E-state index in [0.29, 0.717) is 22.5 Å². The van der Waals surface area contributed by atoms with Crippen molar-refractivity contribution in [2.45, 2.75) is 12.0 Å². The molecule has 0 bridgehead atoms. The minimum atomic E-state index is -0.519. The highest BCUT2D eigenvalue weighted by Crippen LogP contribution is 2.28. The monoisotopic (exact) mass is 315 g/mol. The van der Waals surface area contributed by atoms with Crippen molar-refractivity contribution < 1.29 is 4.74 Å². The van der Waals surface area contributed by atoms with Gasteiger partial charge in [0.15, 0.2) is 5.62 Å². The zero-order valence-electron chi connectivity index (χ0n) is 8.46. The van der Waals surface area contributed by atoms with Gasteiger partial charge in [-0.2, -0.15) is 4.42 Å². The molecule has 4 nitrogen and oxygen atoms in total. The Bertz CT molecular complexity index is 406. The molecule has 2 rings (SSSR count). The molecule has 0 aliphatic carbocycles. The molecule has 0 aromatic heterocycles. The fourth-order valence-electron chi connectivity index (χ4n) is 1.29. The van der Waals surface area contributed by atoms with E-state index in [1.807, 2.05) is 0 Å². The van der Waals surface area contributed by atoms with Crippen LogP contribution in [-0.2, 0) is 0 Å². The Kier molecular flexibility index (Phi) is 4.60. The molecular formula is C9H9Cl4N3O. The molecule has 0 saturated carbocycles. The van der Waals surface area contributed by atoms with Crippen molar-refractivity contribution in [3.05, 3.63) is 28.2 Å². The number of benzene rings is 1. The average molecular weight is 317 g/mol. The second kappa shape index (κ2) is 5.80. The van der Waals surface area contributed by atoms with Gasteiger partial charge in [0.2, 0.25) is 6.35 Å². The standard InChI is InChI=1S/C9H9Cl4N3O/c10-5-1-2-7(6(11)3-5)17-9-14-4-16(13)8(12)15-9/h1-3,8-9,14-15H,4H2. The fraction of sp³-hybridized carbons (Fsp3) is 0.333. The number of nitrogens with one attached hydrogen (secondary N) is 2. The van der Waals surface area contributed by atoms with Crippen molar-refractivity contribution in [1.82, 2.24) is 15.1 Å². The highest BCUT2D eigenvalue weighted by Gasteiger charge is 2.25. The van der Waals surface area contributed by atoms with E-state index in [1.165, 1.54) is 4.42 Å². The number of hydrogen-bond acceptors (Lipinski definition) is 4. The van der Waals surface area contributed by atoms with Gasteiger partial charge in [0.05, 0.1) is 11.7 Å². The van der Waals surface area contributed by atoms with Gasteiger partial charge in [-0.3, -0.25) is 5.32 Å². The van der Waals surface area contributed by atoms with Crippen molar-refractivity contribution in [3.8, 4) is 5.75 Å². The molecule has 2 atom stereocenters. The van der Waals surface area contributed by atoms with Gasteiger partial charge in [-0.05, 0) is 30.0 Å². The number of nitrogens with zero attached hydrogens (tertiary/aromatic N) is 1. The summed E-state index contributed by atoms with van der Waals surface area (Å²) in [6.45, 7) is 0.387. The first-order valence-corrected chi connectivity index (χ1v) is 6.27. The van der Waals surface area contributed by atoms with Crippen LogP contribution in [0.15, 0.2) is 18.2 Å². The Morgan fingerprint density at radius 2 is 2.12 bits per heavy atom. The third-order valence-corrected chi connectivity index (χ3v) is 3.41. The minimum Gasteiger partial charge on any atom is -0.461 e. The molecular weight excluding hydrogens is 308 g/mol. The van der Waals surface area contributed by atoms with Gasteiger partial charge >= 0.3 is 0 Å². The van der Waals surface area contributed by atoms with Crippen LogP contribution in [0.4, 0.5) is 0 Å². The summed E-state index contributed by atoms with van der Waals surface area (Å²) in [5.74, 6) is 0.507. The summed E-state index contributed by atoms with van der Waals surface area (Å²) in [6, 6.07) is 4.98. The quantitative estimate of drug-likeness (QED) is 0.500. The van der Waals surface area contributed by atoms with E-state index in [1.54, 1.807) is 18.2 Å². The van der Waals surface area contributed by atoms with Crippen LogP contribution >= 0.6 is 46.6 Å². The van der Waals surface area contributed by atoms with Crippen LogP contribution in [0.3, 0.4) is 0 Å². The summed E-state index contributed by atoms with van der Waals surface area (Å²) in [6.07, 6.45) is -0.467. The van der Waals surface area contributed by atoms with Crippen LogP contribution in [0.2, 0.25) is 10.0 Å². The Labute approximate surface area is 119 Å². The second-order valence-corrected chi connectivity index (χ2v) is 5.03. The van der Waals surface area contributed by atoms with Gasteiger partial charge < -0.3 is 4.74 Å². The largest absolute Gasteiger partial charge is 0.461 e. The van der Waals surface area contributed by atoms with Gasteiger partial charge in [0.25, 0.3) is 0 Å². The second-order valence-electron chi connectivity index (χ2n) is 3.34. The third-order valence-electron chi connectivity index (χ3n) is 2.10. The molecule has 0 radical (unpaired) electrons. The van der Waals surface area contributed by atoms with Gasteiger partial charge in [-0.1, -0.05) is 34.8 Å². The highest BCUT2D eigenvalue weighted by molar-refractivity contribution is 6.35. The Morgan fingerprint density at radius 3 is 2.76 bits per heavy atom. The molecule has 0 spiro atoms. The summed E-state index contributed by atoms with van der Waals surface area (Å²) in [5.41, 5.74) is -0.519. The Hall–Kier alpha value is 0.0600. The molecule has 1 fully saturated rings. The molecule has 1 aliphatic heterocycles. The first kappa shape index (κ1) is 13.5. The zero-order valence-corrected chi connectivity index (χ0v) is 11.5. The Balaban J connectivity index is 2.01. The molecule has 1 saturated heterocycles. The minimum absolute atomic E-state index is 0.387. The molecule has 1 heterocycles. The topological polar surface area (TPSA) is 36.5 Å². The molecule has 94 valence electrons. The first-order valence-electron chi connectivity index (χ1n) is 4.74. The van der Waals surface area contributed by atoms with Crippen molar-refractivity contribution in [2.24, 2.45) is 0 Å². The number of hydrogen-bond donors (Lipinski definition) is 2. The zero-order chi connectivity index (χ0) is 12.4. The predicted molar refractivity (Wildman–Crippen MR) is 69.3 cm³/mol. The van der Waals surface area contributed by atoms with E-state index in [4.69, 9.17) is 51.3 Å². The summed E-state index contributed by atoms with van der Waals surface area (Å²) >= 11 is 23.4. The molecule has 0 amide bonds. The van der Waals surface area contributed by atoms with Crippen LogP contribution in [-0.4, -0.2) is 23.1 Å². The van der Waals surface area contributed by atoms with Gasteiger partial charge in [-0.15, -0.1) is 0 Å². The van der Waals surface area contributed by atoms with E-state index in [2.05, 4.69) is 10.6 Å². The lowest BCUT2D eigenvalue weighted by atomic mass is 10.3. The van der Waals surface area contributed by atoms with E-state index in [9.17, 15) is 0 Å². The smallest absolute Gasteiger partial charge is 0.210 e. The van der Waals surface area contributed by atoms with E-state index in [-0.39, 0.29) is 0 Å². The average Bonchev–Trinajstić information content (AvgIpc) is 2.27. The summed E-state index contributed by atoms with van der Waals surface area (Å²) in [5, 5.41) is 6.85. The molecule has 17 heavy (non-hydrogen) atoms. The maximum Gasteiger partial charge on any atom is 0.210 e. The summed E-state index contributed by atoms with van der Waals surface area (Å²) in [7, 11) is 0. The first-order chi connectivity index (χ1) is 8.06. The lowest BCUT2D eigenvalue weighted by Gasteiger charge is -2.33. The third kappa shape index (κ3) is 3.51. The van der Waals surface area contributed by atoms with Crippen LogP contribution in [0.1, 0.15) is 0 Å². The van der Waals surface area contributed by atoms with Gasteiger partial charge in [-0.25, -0.2) is 5.32 Å². The van der Waals surface area contributed by atoms with Crippen molar-refractivity contribution in [2.75, 3.05) is 6.67 Å². The van der Waals surface area contributed by atoms with Crippen molar-refractivity contribution in [3.63, 3.8) is 0 Å². The molecule has 2 unspecified atom stereocenters.